The number of amides is 2. The molecule has 0 spiro atoms. The lowest BCUT2D eigenvalue weighted by atomic mass is 10.2. The molecule has 1 aromatic heterocycles. The molecule has 1 aromatic carbocycles. The van der Waals surface area contributed by atoms with E-state index in [1.165, 1.54) is 11.8 Å². The van der Waals surface area contributed by atoms with Crippen LogP contribution in [-0.4, -0.2) is 70.5 Å². The molecule has 1 aliphatic heterocycles. The van der Waals surface area contributed by atoms with Crippen molar-refractivity contribution in [2.45, 2.75) is 18.0 Å². The summed E-state index contributed by atoms with van der Waals surface area (Å²) < 4.78 is 7.24. The predicted molar refractivity (Wildman–Crippen MR) is 111 cm³/mol. The summed E-state index contributed by atoms with van der Waals surface area (Å²) in [5.74, 6) is 1.54. The SMILES string of the molecule is COc1ccccc1N1CCN(C(=O)CSc2nnc(CCC(N)=O)n2C)CC1. The molecule has 0 radical (unpaired) electrons. The summed E-state index contributed by atoms with van der Waals surface area (Å²) in [6.07, 6.45) is 0.671. The average molecular weight is 419 g/mol. The molecule has 29 heavy (non-hydrogen) atoms. The second kappa shape index (κ2) is 9.64. The van der Waals surface area contributed by atoms with Crippen LogP contribution in [0.15, 0.2) is 29.4 Å². The van der Waals surface area contributed by atoms with E-state index in [4.69, 9.17) is 10.5 Å². The Hall–Kier alpha value is -2.75. The van der Waals surface area contributed by atoms with Crippen LogP contribution < -0.4 is 15.4 Å². The first-order valence-corrected chi connectivity index (χ1v) is 10.4. The highest BCUT2D eigenvalue weighted by atomic mass is 32.2. The van der Waals surface area contributed by atoms with Crippen molar-refractivity contribution < 1.29 is 14.3 Å². The quantitative estimate of drug-likeness (QED) is 0.628. The summed E-state index contributed by atoms with van der Waals surface area (Å²) in [5.41, 5.74) is 6.23. The number of hydrogen-bond acceptors (Lipinski definition) is 7. The van der Waals surface area contributed by atoms with Gasteiger partial charge < -0.3 is 24.8 Å². The Morgan fingerprint density at radius 1 is 1.17 bits per heavy atom. The third kappa shape index (κ3) is 5.20. The van der Waals surface area contributed by atoms with E-state index in [9.17, 15) is 9.59 Å². The molecule has 156 valence electrons. The topological polar surface area (TPSA) is 107 Å². The van der Waals surface area contributed by atoms with E-state index < -0.39 is 0 Å². The molecule has 0 atom stereocenters. The number of ether oxygens (including phenoxy) is 1. The Bertz CT molecular complexity index is 863. The molecule has 0 aliphatic carbocycles. The molecule has 2 N–H and O–H groups in total. The van der Waals surface area contributed by atoms with Gasteiger partial charge in [0, 0.05) is 46.1 Å². The number of carbonyl (C=O) groups is 2. The molecule has 0 saturated carbocycles. The van der Waals surface area contributed by atoms with Gasteiger partial charge in [-0.3, -0.25) is 9.59 Å². The number of nitrogens with two attached hydrogens (primary N) is 1. The number of rotatable bonds is 8. The number of hydrogen-bond donors (Lipinski definition) is 1. The summed E-state index contributed by atoms with van der Waals surface area (Å²) in [5, 5.41) is 8.85. The van der Waals surface area contributed by atoms with Crippen LogP contribution >= 0.6 is 11.8 Å². The van der Waals surface area contributed by atoms with Gasteiger partial charge in [-0.1, -0.05) is 23.9 Å². The van der Waals surface area contributed by atoms with Gasteiger partial charge in [0.1, 0.15) is 11.6 Å². The fraction of sp³-hybridized carbons (Fsp3) is 0.474. The summed E-state index contributed by atoms with van der Waals surface area (Å²) in [7, 11) is 3.50. The maximum atomic E-state index is 12.6. The third-order valence-corrected chi connectivity index (χ3v) is 5.91. The highest BCUT2D eigenvalue weighted by molar-refractivity contribution is 7.99. The normalized spacial score (nSPS) is 14.1. The van der Waals surface area contributed by atoms with Crippen LogP contribution in [0.5, 0.6) is 5.75 Å². The van der Waals surface area contributed by atoms with Crippen molar-refractivity contribution in [1.29, 1.82) is 0 Å². The molecule has 10 heteroatoms. The van der Waals surface area contributed by atoms with Gasteiger partial charge in [-0.15, -0.1) is 10.2 Å². The first-order chi connectivity index (χ1) is 14.0. The summed E-state index contributed by atoms with van der Waals surface area (Å²) in [6.45, 7) is 2.86. The number of nitrogens with zero attached hydrogens (tertiary/aromatic N) is 5. The van der Waals surface area contributed by atoms with Crippen LogP contribution in [0.2, 0.25) is 0 Å². The van der Waals surface area contributed by atoms with Gasteiger partial charge in [-0.2, -0.15) is 0 Å². The van der Waals surface area contributed by atoms with E-state index in [-0.39, 0.29) is 18.2 Å². The lowest BCUT2D eigenvalue weighted by molar-refractivity contribution is -0.128. The van der Waals surface area contributed by atoms with Crippen molar-refractivity contribution in [3.63, 3.8) is 0 Å². The molecular formula is C19H26N6O3S. The van der Waals surface area contributed by atoms with Crippen LogP contribution in [0.1, 0.15) is 12.2 Å². The third-order valence-electron chi connectivity index (χ3n) is 4.90. The number of methoxy groups -OCH3 is 1. The van der Waals surface area contributed by atoms with Gasteiger partial charge in [0.05, 0.1) is 18.6 Å². The zero-order valence-electron chi connectivity index (χ0n) is 16.7. The lowest BCUT2D eigenvalue weighted by Gasteiger charge is -2.36. The van der Waals surface area contributed by atoms with Crippen molar-refractivity contribution in [2.24, 2.45) is 12.8 Å². The van der Waals surface area contributed by atoms with E-state index in [0.717, 1.165) is 24.5 Å². The van der Waals surface area contributed by atoms with Crippen LogP contribution in [0.25, 0.3) is 0 Å². The number of primary amides is 1. The van der Waals surface area contributed by atoms with Gasteiger partial charge in [0.25, 0.3) is 0 Å². The first-order valence-electron chi connectivity index (χ1n) is 9.44. The fourth-order valence-corrected chi connectivity index (χ4v) is 4.06. The Balaban J connectivity index is 1.50. The van der Waals surface area contributed by atoms with E-state index in [0.29, 0.717) is 36.2 Å². The summed E-state index contributed by atoms with van der Waals surface area (Å²) in [4.78, 5) is 27.7. The smallest absolute Gasteiger partial charge is 0.233 e. The number of anilines is 1. The second-order valence-corrected chi connectivity index (χ2v) is 7.69. The van der Waals surface area contributed by atoms with Gasteiger partial charge in [0.2, 0.25) is 11.8 Å². The maximum Gasteiger partial charge on any atom is 0.233 e. The van der Waals surface area contributed by atoms with Crippen LogP contribution in [0, 0.1) is 0 Å². The van der Waals surface area contributed by atoms with Gasteiger partial charge in [-0.05, 0) is 12.1 Å². The second-order valence-electron chi connectivity index (χ2n) is 6.75. The maximum absolute atomic E-state index is 12.6. The molecule has 1 fully saturated rings. The number of carbonyl (C=O) groups excluding carboxylic acids is 2. The van der Waals surface area contributed by atoms with Crippen molar-refractivity contribution in [3.8, 4) is 5.75 Å². The Kier molecular flexibility index (Phi) is 6.97. The predicted octanol–water partition coefficient (Wildman–Crippen LogP) is 0.683. The minimum Gasteiger partial charge on any atom is -0.495 e. The monoisotopic (exact) mass is 418 g/mol. The Morgan fingerprint density at radius 3 is 2.59 bits per heavy atom. The van der Waals surface area contributed by atoms with Gasteiger partial charge >= 0.3 is 0 Å². The molecule has 2 heterocycles. The molecule has 1 saturated heterocycles. The Morgan fingerprint density at radius 2 is 1.90 bits per heavy atom. The minimum absolute atomic E-state index is 0.0800. The summed E-state index contributed by atoms with van der Waals surface area (Å²) in [6, 6.07) is 7.92. The average Bonchev–Trinajstić information content (AvgIpc) is 3.10. The highest BCUT2D eigenvalue weighted by Gasteiger charge is 2.23. The lowest BCUT2D eigenvalue weighted by Crippen LogP contribution is -2.49. The molecule has 2 aromatic rings. The first kappa shape index (κ1) is 21.0. The molecule has 3 rings (SSSR count). The van der Waals surface area contributed by atoms with E-state index in [1.807, 2.05) is 36.2 Å². The van der Waals surface area contributed by atoms with Crippen molar-refractivity contribution in [2.75, 3.05) is 43.9 Å². The molecule has 2 amide bonds. The summed E-state index contributed by atoms with van der Waals surface area (Å²) >= 11 is 1.36. The minimum atomic E-state index is -0.371. The molecule has 0 bridgehead atoms. The molecule has 9 nitrogen and oxygen atoms in total. The van der Waals surface area contributed by atoms with Crippen molar-refractivity contribution >= 4 is 29.3 Å². The largest absolute Gasteiger partial charge is 0.495 e. The number of piperazine rings is 1. The molecule has 1 aliphatic rings. The fourth-order valence-electron chi connectivity index (χ4n) is 3.23. The number of thioether (sulfide) groups is 1. The zero-order chi connectivity index (χ0) is 20.8. The number of para-hydroxylation sites is 2. The van der Waals surface area contributed by atoms with Gasteiger partial charge in [0.15, 0.2) is 5.16 Å². The van der Waals surface area contributed by atoms with Crippen molar-refractivity contribution in [3.05, 3.63) is 30.1 Å². The highest BCUT2D eigenvalue weighted by Crippen LogP contribution is 2.28. The standard InChI is InChI=1S/C19H26N6O3S/c1-23-17(8-7-16(20)26)21-22-19(23)29-13-18(27)25-11-9-24(10-12-25)14-5-3-4-6-15(14)28-2/h3-6H,7-13H2,1-2H3,(H2,20,26). The zero-order valence-corrected chi connectivity index (χ0v) is 17.5. The number of aromatic nitrogens is 3. The van der Waals surface area contributed by atoms with E-state index in [1.54, 1.807) is 11.7 Å². The number of aryl methyl sites for hydroxylation is 1. The van der Waals surface area contributed by atoms with Gasteiger partial charge in [-0.25, -0.2) is 0 Å². The molecular weight excluding hydrogens is 392 g/mol. The Labute approximate surface area is 174 Å². The molecule has 0 unspecified atom stereocenters. The van der Waals surface area contributed by atoms with E-state index in [2.05, 4.69) is 15.1 Å². The van der Waals surface area contributed by atoms with Crippen LogP contribution in [-0.2, 0) is 23.1 Å². The van der Waals surface area contributed by atoms with Crippen molar-refractivity contribution in [1.82, 2.24) is 19.7 Å². The van der Waals surface area contributed by atoms with E-state index >= 15 is 0 Å². The number of benzene rings is 1. The van der Waals surface area contributed by atoms with Crippen LogP contribution in [0.4, 0.5) is 5.69 Å². The van der Waals surface area contributed by atoms with Crippen LogP contribution in [0.3, 0.4) is 0 Å².